The number of halogens is 1. The maximum Gasteiger partial charge on any atom is 0.336 e. The number of nitrogens with one attached hydrogen (secondary N) is 2. The predicted octanol–water partition coefficient (Wildman–Crippen LogP) is 4.47. The van der Waals surface area contributed by atoms with Crippen molar-refractivity contribution in [3.05, 3.63) is 81.7 Å². The number of nitriles is 1. The molecule has 0 fully saturated rings. The van der Waals surface area contributed by atoms with Gasteiger partial charge in [0.1, 0.15) is 12.7 Å². The molecular weight excluding hydrogens is 546 g/mol. The summed E-state index contributed by atoms with van der Waals surface area (Å²) in [6, 6.07) is 16.9. The number of carbonyl (C=O) groups excluding carboxylic acids is 1. The molecule has 41 heavy (non-hydrogen) atoms. The molecule has 0 saturated carbocycles. The van der Waals surface area contributed by atoms with E-state index >= 15 is 0 Å². The zero-order chi connectivity index (χ0) is 29.8. The van der Waals surface area contributed by atoms with Gasteiger partial charge in [-0.2, -0.15) is 5.26 Å². The highest BCUT2D eigenvalue weighted by Gasteiger charge is 2.36. The van der Waals surface area contributed by atoms with Crippen LogP contribution in [0.3, 0.4) is 0 Å². The van der Waals surface area contributed by atoms with Gasteiger partial charge in [0.05, 0.1) is 55.8 Å². The molecule has 0 spiro atoms. The number of ether oxygens (including phenoxy) is 4. The Hall–Kier alpha value is -3.55. The minimum Gasteiger partial charge on any atom is -0.490 e. The second kappa shape index (κ2) is 16.0. The molecule has 1 aliphatic rings. The number of hydrogen-bond acceptors (Lipinski definition) is 9. The van der Waals surface area contributed by atoms with E-state index in [1.807, 2.05) is 38.1 Å². The molecule has 9 nitrogen and oxygen atoms in total. The summed E-state index contributed by atoms with van der Waals surface area (Å²) in [7, 11) is 1.30. The van der Waals surface area contributed by atoms with Gasteiger partial charge in [0.25, 0.3) is 0 Å². The standard InChI is InChI=1S/C31H38ClN3O6/c1-20(2)34-17-22(36)18-41-28-13-8-7-12-27(28)40-15-9-14-39-19-26-30(31(37)38-4)29(24(16-33)21(3)35-26)23-10-5-6-11-25(23)32/h5-8,10-13,20,22,29,34-36H,9,14-15,17-19H2,1-4H3. The number of rotatable bonds is 15. The topological polar surface area (TPSA) is 122 Å². The molecular formula is C31H38ClN3O6. The highest BCUT2D eigenvalue weighted by molar-refractivity contribution is 6.31. The Bertz CT molecular complexity index is 1290. The monoisotopic (exact) mass is 583 g/mol. The van der Waals surface area contributed by atoms with Crippen LogP contribution in [0.4, 0.5) is 0 Å². The van der Waals surface area contributed by atoms with Gasteiger partial charge in [-0.3, -0.25) is 0 Å². The lowest BCUT2D eigenvalue weighted by Crippen LogP contribution is -2.35. The van der Waals surface area contributed by atoms with Gasteiger partial charge in [0.2, 0.25) is 0 Å². The summed E-state index contributed by atoms with van der Waals surface area (Å²) >= 11 is 6.48. The van der Waals surface area contributed by atoms with Crippen molar-refractivity contribution in [3.8, 4) is 17.6 Å². The summed E-state index contributed by atoms with van der Waals surface area (Å²) in [5, 5.41) is 26.8. The molecule has 3 rings (SSSR count). The summed E-state index contributed by atoms with van der Waals surface area (Å²) in [6.07, 6.45) is -0.0702. The minimum absolute atomic E-state index is 0.101. The average Bonchev–Trinajstić information content (AvgIpc) is 2.96. The molecule has 1 aliphatic heterocycles. The van der Waals surface area contributed by atoms with Crippen LogP contribution in [0, 0.1) is 11.3 Å². The molecule has 0 aromatic heterocycles. The highest BCUT2D eigenvalue weighted by atomic mass is 35.5. The zero-order valence-electron chi connectivity index (χ0n) is 23.9. The smallest absolute Gasteiger partial charge is 0.336 e. The number of dihydropyridines is 1. The van der Waals surface area contributed by atoms with Crippen LogP contribution in [0.2, 0.25) is 5.02 Å². The van der Waals surface area contributed by atoms with Crippen molar-refractivity contribution in [1.82, 2.24) is 10.6 Å². The molecule has 3 N–H and O–H groups in total. The molecule has 0 bridgehead atoms. The van der Waals surface area contributed by atoms with Crippen LogP contribution in [0.5, 0.6) is 11.5 Å². The van der Waals surface area contributed by atoms with Crippen molar-refractivity contribution in [2.75, 3.05) is 40.1 Å². The Morgan fingerprint density at radius 3 is 2.46 bits per heavy atom. The lowest BCUT2D eigenvalue weighted by atomic mass is 9.81. The lowest BCUT2D eigenvalue weighted by molar-refractivity contribution is -0.136. The fourth-order valence-electron chi connectivity index (χ4n) is 4.35. The Balaban J connectivity index is 1.59. The maximum atomic E-state index is 12.9. The van der Waals surface area contributed by atoms with Crippen molar-refractivity contribution < 1.29 is 28.8 Å². The van der Waals surface area contributed by atoms with Crippen LogP contribution in [0.1, 0.15) is 38.7 Å². The van der Waals surface area contributed by atoms with Crippen molar-refractivity contribution >= 4 is 17.6 Å². The zero-order valence-corrected chi connectivity index (χ0v) is 24.7. The van der Waals surface area contributed by atoms with Crippen molar-refractivity contribution in [2.45, 2.75) is 45.3 Å². The number of hydrogen-bond donors (Lipinski definition) is 3. The molecule has 0 saturated heterocycles. The van der Waals surface area contributed by atoms with Gasteiger partial charge in [0.15, 0.2) is 11.5 Å². The molecule has 1 heterocycles. The number of carbonyl (C=O) groups is 1. The Labute approximate surface area is 246 Å². The molecule has 2 atom stereocenters. The van der Waals surface area contributed by atoms with Gasteiger partial charge in [-0.15, -0.1) is 0 Å². The predicted molar refractivity (Wildman–Crippen MR) is 157 cm³/mol. The van der Waals surface area contributed by atoms with E-state index in [4.69, 9.17) is 30.5 Å². The van der Waals surface area contributed by atoms with Crippen molar-refractivity contribution in [2.24, 2.45) is 0 Å². The van der Waals surface area contributed by atoms with Gasteiger partial charge < -0.3 is 34.7 Å². The fraction of sp³-hybridized carbons (Fsp3) is 0.419. The first-order valence-electron chi connectivity index (χ1n) is 13.5. The minimum atomic E-state index is -0.680. The first-order chi connectivity index (χ1) is 19.8. The molecule has 2 aromatic rings. The van der Waals surface area contributed by atoms with E-state index in [9.17, 15) is 15.2 Å². The van der Waals surface area contributed by atoms with E-state index in [0.717, 1.165) is 0 Å². The van der Waals surface area contributed by atoms with E-state index in [1.165, 1.54) is 7.11 Å². The molecule has 2 aromatic carbocycles. The number of benzene rings is 2. The van der Waals surface area contributed by atoms with Crippen LogP contribution in [-0.4, -0.2) is 63.3 Å². The molecule has 0 aliphatic carbocycles. The molecule has 2 unspecified atom stereocenters. The Kier molecular flexibility index (Phi) is 12.5. The van der Waals surface area contributed by atoms with E-state index < -0.39 is 18.0 Å². The Morgan fingerprint density at radius 2 is 1.80 bits per heavy atom. The summed E-state index contributed by atoms with van der Waals surface area (Å²) < 4.78 is 22.7. The van der Waals surface area contributed by atoms with Crippen molar-refractivity contribution in [1.29, 1.82) is 5.26 Å². The van der Waals surface area contributed by atoms with Gasteiger partial charge in [-0.25, -0.2) is 4.79 Å². The first kappa shape index (κ1) is 32.0. The third-order valence-electron chi connectivity index (χ3n) is 6.37. The number of para-hydroxylation sites is 2. The van der Waals surface area contributed by atoms with Gasteiger partial charge in [-0.05, 0) is 30.7 Å². The largest absolute Gasteiger partial charge is 0.490 e. The third kappa shape index (κ3) is 8.97. The van der Waals surface area contributed by atoms with Crippen LogP contribution in [0.25, 0.3) is 0 Å². The highest BCUT2D eigenvalue weighted by Crippen LogP contribution is 2.41. The first-order valence-corrected chi connectivity index (χ1v) is 13.9. The summed E-state index contributed by atoms with van der Waals surface area (Å²) in [5.41, 5.74) is 2.45. The Morgan fingerprint density at radius 1 is 1.12 bits per heavy atom. The van der Waals surface area contributed by atoms with Crippen LogP contribution in [0.15, 0.2) is 71.1 Å². The second-order valence-corrected chi connectivity index (χ2v) is 10.3. The number of nitrogens with zero attached hydrogens (tertiary/aromatic N) is 1. The lowest BCUT2D eigenvalue weighted by Gasteiger charge is -2.30. The molecule has 10 heteroatoms. The maximum absolute atomic E-state index is 12.9. The van der Waals surface area contributed by atoms with Gasteiger partial charge in [-0.1, -0.05) is 55.8 Å². The van der Waals surface area contributed by atoms with E-state index in [0.29, 0.717) is 65.2 Å². The van der Waals surface area contributed by atoms with E-state index in [-0.39, 0.29) is 24.8 Å². The summed E-state index contributed by atoms with van der Waals surface area (Å²) in [5.74, 6) is -0.113. The number of methoxy groups -OCH3 is 1. The van der Waals surface area contributed by atoms with E-state index in [1.54, 1.807) is 31.2 Å². The second-order valence-electron chi connectivity index (χ2n) is 9.84. The molecule has 0 radical (unpaired) electrons. The summed E-state index contributed by atoms with van der Waals surface area (Å²) in [6.45, 7) is 7.22. The summed E-state index contributed by atoms with van der Waals surface area (Å²) in [4.78, 5) is 12.9. The van der Waals surface area contributed by atoms with Crippen LogP contribution in [-0.2, 0) is 14.3 Å². The number of allylic oxidation sites excluding steroid dienone is 2. The van der Waals surface area contributed by atoms with Gasteiger partial charge in [0, 0.05) is 29.7 Å². The third-order valence-corrected chi connectivity index (χ3v) is 6.71. The number of aliphatic hydroxyl groups excluding tert-OH is 1. The number of aliphatic hydroxyl groups is 1. The average molecular weight is 584 g/mol. The van der Waals surface area contributed by atoms with Crippen LogP contribution >= 0.6 is 11.6 Å². The van der Waals surface area contributed by atoms with Gasteiger partial charge >= 0.3 is 5.97 Å². The van der Waals surface area contributed by atoms with E-state index in [2.05, 4.69) is 16.7 Å². The number of esters is 1. The SMILES string of the molecule is COC(=O)C1=C(COCCCOc2ccccc2OCC(O)CNC(C)C)NC(C)=C(C#N)C1c1ccccc1Cl. The fourth-order valence-corrected chi connectivity index (χ4v) is 4.60. The molecule has 220 valence electrons. The van der Waals surface area contributed by atoms with Crippen LogP contribution < -0.4 is 20.1 Å². The molecule has 0 amide bonds. The quantitative estimate of drug-likeness (QED) is 0.206. The normalized spacial score (nSPS) is 15.8. The van der Waals surface area contributed by atoms with Crippen molar-refractivity contribution in [3.63, 3.8) is 0 Å².